The minimum Gasteiger partial charge on any atom is -0.494 e. The lowest BCUT2D eigenvalue weighted by atomic mass is 10.1. The molecule has 1 amide bonds. The van der Waals surface area contributed by atoms with Crippen molar-refractivity contribution in [1.82, 2.24) is 10.6 Å². The van der Waals surface area contributed by atoms with Gasteiger partial charge in [0, 0.05) is 20.2 Å². The first-order valence-corrected chi connectivity index (χ1v) is 6.98. The molecular weight excluding hydrogens is 256 g/mol. The normalized spacial score (nSPS) is 21.7. The molecule has 20 heavy (non-hydrogen) atoms. The number of amides is 1. The summed E-state index contributed by atoms with van der Waals surface area (Å²) in [6, 6.07) is 7.61. The van der Waals surface area contributed by atoms with Crippen LogP contribution in [0.1, 0.15) is 18.9 Å². The molecule has 5 heteroatoms. The monoisotopic (exact) mass is 278 g/mol. The number of rotatable bonds is 6. The molecule has 0 saturated carbocycles. The minimum absolute atomic E-state index is 0.0198. The van der Waals surface area contributed by atoms with E-state index in [0.29, 0.717) is 13.2 Å². The molecule has 1 aromatic carbocycles. The maximum atomic E-state index is 12.0. The highest BCUT2D eigenvalue weighted by atomic mass is 16.5. The number of methoxy groups -OCH3 is 1. The molecule has 2 N–H and O–H groups in total. The molecule has 1 aliphatic rings. The van der Waals surface area contributed by atoms with Gasteiger partial charge in [-0.05, 0) is 31.0 Å². The van der Waals surface area contributed by atoms with Gasteiger partial charge in [-0.25, -0.2) is 0 Å². The lowest BCUT2D eigenvalue weighted by molar-refractivity contribution is -0.123. The predicted octanol–water partition coefficient (Wildman–Crippen LogP) is 1.08. The zero-order chi connectivity index (χ0) is 14.4. The Balaban J connectivity index is 1.82. The Morgan fingerprint density at radius 2 is 2.35 bits per heavy atom. The van der Waals surface area contributed by atoms with Gasteiger partial charge in [0.1, 0.15) is 5.75 Å². The van der Waals surface area contributed by atoms with Crippen molar-refractivity contribution in [3.05, 3.63) is 29.8 Å². The SMILES string of the molecule is CCOc1cccc(CNC(=O)C2CC(OC)CN2)c1. The van der Waals surface area contributed by atoms with Gasteiger partial charge in [-0.3, -0.25) is 4.79 Å². The van der Waals surface area contributed by atoms with Gasteiger partial charge in [-0.15, -0.1) is 0 Å². The number of hydrogen-bond donors (Lipinski definition) is 2. The smallest absolute Gasteiger partial charge is 0.237 e. The van der Waals surface area contributed by atoms with E-state index in [0.717, 1.165) is 24.3 Å². The Kier molecular flexibility index (Phi) is 5.38. The molecule has 110 valence electrons. The molecular formula is C15H22N2O3. The van der Waals surface area contributed by atoms with Crippen LogP contribution in [-0.2, 0) is 16.1 Å². The van der Waals surface area contributed by atoms with Gasteiger partial charge in [0.25, 0.3) is 0 Å². The van der Waals surface area contributed by atoms with Crippen molar-refractivity contribution in [2.45, 2.75) is 32.0 Å². The van der Waals surface area contributed by atoms with Crippen LogP contribution in [0.25, 0.3) is 0 Å². The average molecular weight is 278 g/mol. The summed E-state index contributed by atoms with van der Waals surface area (Å²) in [5, 5.41) is 6.11. The molecule has 5 nitrogen and oxygen atoms in total. The standard InChI is InChI=1S/C15H22N2O3/c1-3-20-12-6-4-5-11(7-12)9-17-15(18)14-8-13(19-2)10-16-14/h4-7,13-14,16H,3,8-10H2,1-2H3,(H,17,18). The first-order valence-electron chi connectivity index (χ1n) is 6.98. The van der Waals surface area contributed by atoms with E-state index in [9.17, 15) is 4.79 Å². The van der Waals surface area contributed by atoms with Crippen molar-refractivity contribution in [3.8, 4) is 5.75 Å². The fourth-order valence-corrected chi connectivity index (χ4v) is 2.31. The highest BCUT2D eigenvalue weighted by Crippen LogP contribution is 2.14. The summed E-state index contributed by atoms with van der Waals surface area (Å²) in [5.74, 6) is 0.851. The van der Waals surface area contributed by atoms with Crippen LogP contribution in [0.5, 0.6) is 5.75 Å². The number of nitrogens with one attached hydrogen (secondary N) is 2. The van der Waals surface area contributed by atoms with Crippen LogP contribution in [-0.4, -0.2) is 38.3 Å². The van der Waals surface area contributed by atoms with Gasteiger partial charge in [0.15, 0.2) is 0 Å². The highest BCUT2D eigenvalue weighted by Gasteiger charge is 2.28. The van der Waals surface area contributed by atoms with Crippen LogP contribution >= 0.6 is 0 Å². The van der Waals surface area contributed by atoms with Crippen LogP contribution in [0.4, 0.5) is 0 Å². The molecule has 1 aromatic rings. The van der Waals surface area contributed by atoms with E-state index in [4.69, 9.17) is 9.47 Å². The van der Waals surface area contributed by atoms with Crippen LogP contribution in [0.15, 0.2) is 24.3 Å². The Bertz CT molecular complexity index is 450. The van der Waals surface area contributed by atoms with E-state index >= 15 is 0 Å². The van der Waals surface area contributed by atoms with Gasteiger partial charge in [-0.1, -0.05) is 12.1 Å². The molecule has 0 radical (unpaired) electrons. The fraction of sp³-hybridized carbons (Fsp3) is 0.533. The maximum Gasteiger partial charge on any atom is 0.237 e. The Morgan fingerprint density at radius 1 is 1.50 bits per heavy atom. The zero-order valence-electron chi connectivity index (χ0n) is 12.0. The highest BCUT2D eigenvalue weighted by molar-refractivity contribution is 5.82. The molecule has 0 aromatic heterocycles. The van der Waals surface area contributed by atoms with Crippen molar-refractivity contribution in [2.75, 3.05) is 20.3 Å². The van der Waals surface area contributed by atoms with Gasteiger partial charge >= 0.3 is 0 Å². The summed E-state index contributed by atoms with van der Waals surface area (Å²) in [6.07, 6.45) is 0.855. The second-order valence-corrected chi connectivity index (χ2v) is 4.85. The second kappa shape index (κ2) is 7.26. The molecule has 2 unspecified atom stereocenters. The summed E-state index contributed by atoms with van der Waals surface area (Å²) in [4.78, 5) is 12.0. The van der Waals surface area contributed by atoms with Crippen LogP contribution < -0.4 is 15.4 Å². The van der Waals surface area contributed by atoms with E-state index < -0.39 is 0 Å². The van der Waals surface area contributed by atoms with Crippen LogP contribution in [0, 0.1) is 0 Å². The lowest BCUT2D eigenvalue weighted by Gasteiger charge is -2.12. The number of benzene rings is 1. The first kappa shape index (κ1) is 14.8. The third-order valence-corrected chi connectivity index (χ3v) is 3.42. The second-order valence-electron chi connectivity index (χ2n) is 4.85. The maximum absolute atomic E-state index is 12.0. The largest absolute Gasteiger partial charge is 0.494 e. The van der Waals surface area contributed by atoms with Crippen LogP contribution in [0.3, 0.4) is 0 Å². The molecule has 1 fully saturated rings. The summed E-state index contributed by atoms with van der Waals surface area (Å²) in [7, 11) is 1.67. The topological polar surface area (TPSA) is 59.6 Å². The summed E-state index contributed by atoms with van der Waals surface area (Å²) >= 11 is 0. The molecule has 1 heterocycles. The lowest BCUT2D eigenvalue weighted by Crippen LogP contribution is -2.39. The van der Waals surface area contributed by atoms with E-state index in [1.54, 1.807) is 7.11 Å². The minimum atomic E-state index is -0.157. The summed E-state index contributed by atoms with van der Waals surface area (Å²) in [6.45, 7) is 3.83. The van der Waals surface area contributed by atoms with E-state index in [-0.39, 0.29) is 18.1 Å². The summed E-state index contributed by atoms with van der Waals surface area (Å²) in [5.41, 5.74) is 1.03. The van der Waals surface area contributed by atoms with E-state index in [1.165, 1.54) is 0 Å². The molecule has 1 saturated heterocycles. The number of carbonyl (C=O) groups excluding carboxylic acids is 1. The molecule has 0 aliphatic carbocycles. The molecule has 0 spiro atoms. The Hall–Kier alpha value is -1.59. The van der Waals surface area contributed by atoms with Crippen LogP contribution in [0.2, 0.25) is 0 Å². The zero-order valence-corrected chi connectivity index (χ0v) is 12.0. The average Bonchev–Trinajstić information content (AvgIpc) is 2.94. The van der Waals surface area contributed by atoms with Gasteiger partial charge in [0.2, 0.25) is 5.91 Å². The van der Waals surface area contributed by atoms with Crippen molar-refractivity contribution in [1.29, 1.82) is 0 Å². The van der Waals surface area contributed by atoms with Crippen molar-refractivity contribution in [2.24, 2.45) is 0 Å². The van der Waals surface area contributed by atoms with Crippen molar-refractivity contribution in [3.63, 3.8) is 0 Å². The quantitative estimate of drug-likeness (QED) is 0.817. The summed E-state index contributed by atoms with van der Waals surface area (Å²) < 4.78 is 10.7. The third-order valence-electron chi connectivity index (χ3n) is 3.42. The third kappa shape index (κ3) is 3.95. The molecule has 2 rings (SSSR count). The van der Waals surface area contributed by atoms with Crippen molar-refractivity contribution < 1.29 is 14.3 Å². The number of hydrogen-bond acceptors (Lipinski definition) is 4. The Morgan fingerprint density at radius 3 is 3.05 bits per heavy atom. The Labute approximate surface area is 119 Å². The van der Waals surface area contributed by atoms with Gasteiger partial charge in [-0.2, -0.15) is 0 Å². The predicted molar refractivity (Wildman–Crippen MR) is 76.7 cm³/mol. The van der Waals surface area contributed by atoms with Gasteiger partial charge in [0.05, 0.1) is 18.8 Å². The van der Waals surface area contributed by atoms with E-state index in [2.05, 4.69) is 10.6 Å². The molecule has 0 bridgehead atoms. The first-order chi connectivity index (χ1) is 9.72. The number of carbonyl (C=O) groups is 1. The molecule has 2 atom stereocenters. The van der Waals surface area contributed by atoms with E-state index in [1.807, 2.05) is 31.2 Å². The van der Waals surface area contributed by atoms with Crippen molar-refractivity contribution >= 4 is 5.91 Å². The fourth-order valence-electron chi connectivity index (χ4n) is 2.31. The molecule has 1 aliphatic heterocycles. The number of ether oxygens (including phenoxy) is 2. The van der Waals surface area contributed by atoms with Gasteiger partial charge < -0.3 is 20.1 Å².